The largest absolute Gasteiger partial charge is 0.484 e. The molecule has 0 aliphatic rings. The van der Waals surface area contributed by atoms with Gasteiger partial charge >= 0.3 is 0 Å². The summed E-state index contributed by atoms with van der Waals surface area (Å²) in [5.74, 6) is 3.09. The van der Waals surface area contributed by atoms with Crippen molar-refractivity contribution in [1.29, 1.82) is 0 Å². The van der Waals surface area contributed by atoms with Crippen LogP contribution in [0.2, 0.25) is 0 Å². The van der Waals surface area contributed by atoms with Crippen molar-refractivity contribution in [2.45, 2.75) is 25.8 Å². The Morgan fingerprint density at radius 3 is 2.76 bits per heavy atom. The second-order valence-electron chi connectivity index (χ2n) is 3.68. The summed E-state index contributed by atoms with van der Waals surface area (Å²) < 4.78 is 5.33. The fourth-order valence-corrected chi connectivity index (χ4v) is 1.37. The lowest BCUT2D eigenvalue weighted by molar-refractivity contribution is -0.123. The summed E-state index contributed by atoms with van der Waals surface area (Å²) >= 11 is 0. The van der Waals surface area contributed by atoms with Crippen molar-refractivity contribution in [3.8, 4) is 18.1 Å². The van der Waals surface area contributed by atoms with Crippen molar-refractivity contribution in [3.05, 3.63) is 30.3 Å². The highest BCUT2D eigenvalue weighted by atomic mass is 16.5. The third-order valence-corrected chi connectivity index (χ3v) is 2.34. The number of amides is 1. The Balaban J connectivity index is 2.33. The van der Waals surface area contributed by atoms with Crippen LogP contribution in [-0.4, -0.2) is 18.6 Å². The Morgan fingerprint density at radius 2 is 2.18 bits per heavy atom. The lowest BCUT2D eigenvalue weighted by atomic mass is 10.1. The van der Waals surface area contributed by atoms with Crippen molar-refractivity contribution in [3.63, 3.8) is 0 Å². The minimum Gasteiger partial charge on any atom is -0.484 e. The normalized spacial score (nSPS) is 11.3. The maximum Gasteiger partial charge on any atom is 0.258 e. The van der Waals surface area contributed by atoms with Gasteiger partial charge in [0.25, 0.3) is 5.91 Å². The number of terminal acetylenes is 1. The van der Waals surface area contributed by atoms with Gasteiger partial charge in [-0.25, -0.2) is 0 Å². The molecule has 3 heteroatoms. The molecule has 0 saturated heterocycles. The molecule has 1 unspecified atom stereocenters. The average Bonchev–Trinajstić information content (AvgIpc) is 2.37. The first kappa shape index (κ1) is 13.1. The molecule has 1 N–H and O–H groups in total. The zero-order chi connectivity index (χ0) is 12.5. The smallest absolute Gasteiger partial charge is 0.258 e. The predicted octanol–water partition coefficient (Wildman–Crippen LogP) is 1.98. The maximum absolute atomic E-state index is 11.6. The summed E-state index contributed by atoms with van der Waals surface area (Å²) in [4.78, 5) is 11.6. The average molecular weight is 231 g/mol. The van der Waals surface area contributed by atoms with E-state index in [1.54, 1.807) is 0 Å². The monoisotopic (exact) mass is 231 g/mol. The summed E-state index contributed by atoms with van der Waals surface area (Å²) in [5.41, 5.74) is 0. The second-order valence-corrected chi connectivity index (χ2v) is 3.68. The van der Waals surface area contributed by atoms with Crippen molar-refractivity contribution in [2.75, 3.05) is 6.61 Å². The fraction of sp³-hybridized carbons (Fsp3) is 0.357. The highest BCUT2D eigenvalue weighted by Crippen LogP contribution is 2.07. The number of carbonyl (C=O) groups excluding carboxylic acids is 1. The molecule has 1 rings (SSSR count). The van der Waals surface area contributed by atoms with E-state index in [0.29, 0.717) is 12.2 Å². The number of nitrogens with one attached hydrogen (secondary N) is 1. The van der Waals surface area contributed by atoms with Gasteiger partial charge in [0, 0.05) is 12.5 Å². The number of hydrogen-bond acceptors (Lipinski definition) is 2. The topological polar surface area (TPSA) is 38.3 Å². The quantitative estimate of drug-likeness (QED) is 0.760. The molecule has 0 fully saturated rings. The number of ether oxygens (including phenoxy) is 1. The first-order valence-corrected chi connectivity index (χ1v) is 5.67. The van der Waals surface area contributed by atoms with Crippen molar-refractivity contribution in [2.24, 2.45) is 0 Å². The van der Waals surface area contributed by atoms with Crippen molar-refractivity contribution >= 4 is 5.91 Å². The van der Waals surface area contributed by atoms with Gasteiger partial charge in [0.15, 0.2) is 6.61 Å². The molecule has 0 aliphatic carbocycles. The van der Waals surface area contributed by atoms with Crippen LogP contribution in [-0.2, 0) is 4.79 Å². The number of carbonyl (C=O) groups is 1. The van der Waals surface area contributed by atoms with Gasteiger partial charge in [-0.2, -0.15) is 0 Å². The van der Waals surface area contributed by atoms with Gasteiger partial charge in [-0.05, 0) is 18.6 Å². The van der Waals surface area contributed by atoms with E-state index in [1.807, 2.05) is 37.3 Å². The minimum atomic E-state index is -0.143. The summed E-state index contributed by atoms with van der Waals surface area (Å²) in [6.07, 6.45) is 6.58. The zero-order valence-electron chi connectivity index (χ0n) is 9.98. The number of rotatable bonds is 6. The lowest BCUT2D eigenvalue weighted by Crippen LogP contribution is -2.37. The van der Waals surface area contributed by atoms with Crippen LogP contribution < -0.4 is 10.1 Å². The van der Waals surface area contributed by atoms with Gasteiger partial charge in [-0.3, -0.25) is 4.79 Å². The highest BCUT2D eigenvalue weighted by Gasteiger charge is 2.09. The number of benzene rings is 1. The van der Waals surface area contributed by atoms with Gasteiger partial charge in [0.2, 0.25) is 0 Å². The van der Waals surface area contributed by atoms with Crippen molar-refractivity contribution in [1.82, 2.24) is 5.32 Å². The number of para-hydroxylation sites is 1. The minimum absolute atomic E-state index is 0.0189. The predicted molar refractivity (Wildman–Crippen MR) is 67.6 cm³/mol. The van der Waals surface area contributed by atoms with E-state index in [1.165, 1.54) is 0 Å². The van der Waals surface area contributed by atoms with Gasteiger partial charge in [0.1, 0.15) is 5.75 Å². The summed E-state index contributed by atoms with van der Waals surface area (Å²) in [6, 6.07) is 9.28. The molecule has 1 atom stereocenters. The van der Waals surface area contributed by atoms with Crippen LogP contribution in [0.4, 0.5) is 0 Å². The summed E-state index contributed by atoms with van der Waals surface area (Å²) in [7, 11) is 0. The SMILES string of the molecule is C#CCC(CC)NC(=O)COc1ccccc1. The van der Waals surface area contributed by atoms with Crippen LogP contribution in [0.25, 0.3) is 0 Å². The molecule has 1 aromatic carbocycles. The van der Waals surface area contributed by atoms with Crippen molar-refractivity contribution < 1.29 is 9.53 Å². The molecule has 0 saturated carbocycles. The molecule has 0 spiro atoms. The van der Waals surface area contributed by atoms with Gasteiger partial charge in [0.05, 0.1) is 0 Å². The Bertz CT molecular complexity index is 381. The van der Waals surface area contributed by atoms with E-state index < -0.39 is 0 Å². The van der Waals surface area contributed by atoms with Gasteiger partial charge < -0.3 is 10.1 Å². The highest BCUT2D eigenvalue weighted by molar-refractivity contribution is 5.77. The standard InChI is InChI=1S/C14H17NO2/c1-3-8-12(4-2)15-14(16)11-17-13-9-6-5-7-10-13/h1,5-7,9-10,12H,4,8,11H2,2H3,(H,15,16). The molecular formula is C14H17NO2. The molecule has 0 radical (unpaired) electrons. The molecule has 0 heterocycles. The third-order valence-electron chi connectivity index (χ3n) is 2.34. The van der Waals surface area contributed by atoms with E-state index in [9.17, 15) is 4.79 Å². The molecule has 1 amide bonds. The number of hydrogen-bond donors (Lipinski definition) is 1. The van der Waals surface area contributed by atoms with E-state index in [2.05, 4.69) is 11.2 Å². The van der Waals surface area contributed by atoms with Crippen LogP contribution >= 0.6 is 0 Å². The molecule has 17 heavy (non-hydrogen) atoms. The van der Waals surface area contributed by atoms with Gasteiger partial charge in [-0.1, -0.05) is 25.1 Å². The van der Waals surface area contributed by atoms with E-state index in [4.69, 9.17) is 11.2 Å². The molecule has 3 nitrogen and oxygen atoms in total. The summed E-state index contributed by atoms with van der Waals surface area (Å²) in [5, 5.41) is 2.83. The van der Waals surface area contributed by atoms with E-state index >= 15 is 0 Å². The fourth-order valence-electron chi connectivity index (χ4n) is 1.37. The molecular weight excluding hydrogens is 214 g/mol. The Kier molecular flexibility index (Phi) is 5.67. The molecule has 0 bridgehead atoms. The zero-order valence-corrected chi connectivity index (χ0v) is 9.98. The first-order valence-electron chi connectivity index (χ1n) is 5.67. The second kappa shape index (κ2) is 7.34. The van der Waals surface area contributed by atoms with Gasteiger partial charge in [-0.15, -0.1) is 12.3 Å². The Morgan fingerprint density at radius 1 is 1.47 bits per heavy atom. The molecule has 90 valence electrons. The first-order chi connectivity index (χ1) is 8.26. The van der Waals surface area contributed by atoms with Crippen LogP contribution in [0.5, 0.6) is 5.75 Å². The van der Waals surface area contributed by atoms with Crippen LogP contribution in [0.15, 0.2) is 30.3 Å². The van der Waals surface area contributed by atoms with E-state index in [0.717, 1.165) is 6.42 Å². The molecule has 0 aromatic heterocycles. The molecule has 1 aromatic rings. The van der Waals surface area contributed by atoms with Crippen LogP contribution in [0, 0.1) is 12.3 Å². The van der Waals surface area contributed by atoms with Crippen LogP contribution in [0.1, 0.15) is 19.8 Å². The van der Waals surface area contributed by atoms with E-state index in [-0.39, 0.29) is 18.6 Å². The Hall–Kier alpha value is -1.95. The Labute approximate surface area is 102 Å². The molecule has 0 aliphatic heterocycles. The maximum atomic E-state index is 11.6. The van der Waals surface area contributed by atoms with Crippen LogP contribution in [0.3, 0.4) is 0 Å². The lowest BCUT2D eigenvalue weighted by Gasteiger charge is -2.14. The third kappa shape index (κ3) is 5.07. The summed E-state index contributed by atoms with van der Waals surface area (Å²) in [6.45, 7) is 2.01.